The lowest BCUT2D eigenvalue weighted by atomic mass is 10.1. The van der Waals surface area contributed by atoms with Crippen molar-refractivity contribution in [2.24, 2.45) is 0 Å². The van der Waals surface area contributed by atoms with Crippen LogP contribution in [0.4, 0.5) is 22.0 Å². The van der Waals surface area contributed by atoms with Gasteiger partial charge < -0.3 is 18.6 Å². The van der Waals surface area contributed by atoms with Crippen LogP contribution in [0.25, 0.3) is 0 Å². The van der Waals surface area contributed by atoms with Crippen LogP contribution in [-0.4, -0.2) is 42.1 Å². The molecule has 1 rings (SSSR count). The Kier molecular flexibility index (Phi) is 7.92. The first kappa shape index (κ1) is 21.5. The lowest BCUT2D eigenvalue weighted by Crippen LogP contribution is -2.44. The highest BCUT2D eigenvalue weighted by Gasteiger charge is 2.38. The van der Waals surface area contributed by atoms with Gasteiger partial charge in [0.05, 0.1) is 0 Å². The molecule has 142 valence electrons. The van der Waals surface area contributed by atoms with Gasteiger partial charge in [-0.3, -0.25) is 4.79 Å². The summed E-state index contributed by atoms with van der Waals surface area (Å²) in [5.41, 5.74) is -1.52. The van der Waals surface area contributed by atoms with E-state index in [1.165, 1.54) is 14.2 Å². The molecule has 0 aromatic heterocycles. The Morgan fingerprint density at radius 2 is 1.44 bits per heavy atom. The van der Waals surface area contributed by atoms with Crippen molar-refractivity contribution in [1.29, 1.82) is 0 Å². The van der Waals surface area contributed by atoms with E-state index in [4.69, 9.17) is 13.3 Å². The molecule has 0 saturated heterocycles. The maximum absolute atomic E-state index is 13.5. The molecule has 1 aromatic rings. The second-order valence-electron chi connectivity index (χ2n) is 4.83. The number of carbonyl (C=O) groups excluding carboxylic acids is 1. The van der Waals surface area contributed by atoms with Crippen LogP contribution >= 0.6 is 0 Å². The Morgan fingerprint density at radius 1 is 0.960 bits per heavy atom. The quantitative estimate of drug-likeness (QED) is 0.233. The second kappa shape index (κ2) is 9.22. The number of amides is 1. The Morgan fingerprint density at radius 3 is 1.88 bits per heavy atom. The molecule has 1 aromatic carbocycles. The topological polar surface area (TPSA) is 56.8 Å². The minimum atomic E-state index is -2.91. The predicted molar refractivity (Wildman–Crippen MR) is 79.4 cm³/mol. The number of nitrogens with one attached hydrogen (secondary N) is 1. The number of rotatable bonds is 9. The first-order valence-electron chi connectivity index (χ1n) is 7.28. The molecule has 0 heterocycles. The zero-order valence-electron chi connectivity index (χ0n) is 13.9. The standard InChI is InChI=1S/C14H18F5NO4Si/c1-4-24-25(22-2,23-3)7-5-6-20-14(21)8-9(15)11(17)13(19)12(18)10(8)16/h4-7H2,1-3H3,(H,20,21). The summed E-state index contributed by atoms with van der Waals surface area (Å²) in [5.74, 6) is -12.4. The maximum atomic E-state index is 13.5. The molecule has 0 aliphatic carbocycles. The largest absolute Gasteiger partial charge is 0.500 e. The number of hydrogen-bond donors (Lipinski definition) is 1. The molecule has 1 amide bonds. The summed E-state index contributed by atoms with van der Waals surface area (Å²) >= 11 is 0. The molecule has 0 unspecified atom stereocenters. The van der Waals surface area contributed by atoms with Crippen molar-refractivity contribution in [3.63, 3.8) is 0 Å². The molecule has 1 N–H and O–H groups in total. The van der Waals surface area contributed by atoms with E-state index < -0.39 is 49.4 Å². The summed E-state index contributed by atoms with van der Waals surface area (Å²) in [7, 11) is -0.108. The van der Waals surface area contributed by atoms with E-state index in [1.807, 2.05) is 0 Å². The fourth-order valence-electron chi connectivity index (χ4n) is 2.10. The van der Waals surface area contributed by atoms with E-state index in [9.17, 15) is 26.7 Å². The van der Waals surface area contributed by atoms with Crippen molar-refractivity contribution in [3.05, 3.63) is 34.6 Å². The van der Waals surface area contributed by atoms with Gasteiger partial charge >= 0.3 is 8.80 Å². The fraction of sp³-hybridized carbons (Fsp3) is 0.500. The van der Waals surface area contributed by atoms with Gasteiger partial charge in [0, 0.05) is 33.4 Å². The van der Waals surface area contributed by atoms with Crippen LogP contribution in [0.3, 0.4) is 0 Å². The van der Waals surface area contributed by atoms with Gasteiger partial charge in [-0.25, -0.2) is 22.0 Å². The molecule has 0 saturated carbocycles. The third kappa shape index (κ3) is 4.75. The molecule has 0 aliphatic rings. The summed E-state index contributed by atoms with van der Waals surface area (Å²) < 4.78 is 82.1. The van der Waals surface area contributed by atoms with E-state index >= 15 is 0 Å². The first-order chi connectivity index (χ1) is 11.7. The molecule has 5 nitrogen and oxygen atoms in total. The predicted octanol–water partition coefficient (Wildman–Crippen LogP) is 2.77. The zero-order valence-corrected chi connectivity index (χ0v) is 14.9. The average Bonchev–Trinajstić information content (AvgIpc) is 2.61. The fourth-order valence-corrected chi connectivity index (χ4v) is 4.10. The summed E-state index contributed by atoms with van der Waals surface area (Å²) in [6.07, 6.45) is 0.245. The molecule has 0 radical (unpaired) electrons. The second-order valence-corrected chi connectivity index (χ2v) is 7.80. The van der Waals surface area contributed by atoms with E-state index in [2.05, 4.69) is 5.32 Å². The van der Waals surface area contributed by atoms with Crippen molar-refractivity contribution < 1.29 is 40.0 Å². The SMILES string of the molecule is CCO[Si](CCCNC(=O)c1c(F)c(F)c(F)c(F)c1F)(OC)OC. The summed E-state index contributed by atoms with van der Waals surface area (Å²) in [4.78, 5) is 11.8. The third-order valence-corrected chi connectivity index (χ3v) is 6.31. The van der Waals surface area contributed by atoms with E-state index in [0.717, 1.165) is 0 Å². The van der Waals surface area contributed by atoms with Gasteiger partial charge in [-0.15, -0.1) is 0 Å². The Bertz CT molecular complexity index is 599. The summed E-state index contributed by atoms with van der Waals surface area (Å²) in [6.45, 7) is 1.97. The van der Waals surface area contributed by atoms with Crippen LogP contribution in [0.5, 0.6) is 0 Å². The Labute approximate surface area is 142 Å². The molecular weight excluding hydrogens is 369 g/mol. The average molecular weight is 387 g/mol. The van der Waals surface area contributed by atoms with Crippen LogP contribution in [0.2, 0.25) is 6.04 Å². The molecule has 0 bridgehead atoms. The van der Waals surface area contributed by atoms with Crippen molar-refractivity contribution in [1.82, 2.24) is 5.32 Å². The first-order valence-corrected chi connectivity index (χ1v) is 9.21. The van der Waals surface area contributed by atoms with Crippen LogP contribution in [-0.2, 0) is 13.3 Å². The highest BCUT2D eigenvalue weighted by atomic mass is 28.4. The molecule has 0 atom stereocenters. The number of carbonyl (C=O) groups is 1. The van der Waals surface area contributed by atoms with Gasteiger partial charge in [0.1, 0.15) is 5.56 Å². The molecule has 11 heteroatoms. The number of hydrogen-bond acceptors (Lipinski definition) is 4. The van der Waals surface area contributed by atoms with Gasteiger partial charge in [0.25, 0.3) is 5.91 Å². The van der Waals surface area contributed by atoms with Crippen LogP contribution in [0.1, 0.15) is 23.7 Å². The maximum Gasteiger partial charge on any atom is 0.500 e. The Balaban J connectivity index is 2.76. The van der Waals surface area contributed by atoms with Gasteiger partial charge in [-0.1, -0.05) is 0 Å². The zero-order chi connectivity index (χ0) is 19.2. The highest BCUT2D eigenvalue weighted by molar-refractivity contribution is 6.60. The minimum absolute atomic E-state index is 0.104. The van der Waals surface area contributed by atoms with Gasteiger partial charge in [0.2, 0.25) is 5.82 Å². The normalized spacial score (nSPS) is 11.7. The van der Waals surface area contributed by atoms with Crippen molar-refractivity contribution in [2.45, 2.75) is 19.4 Å². The molecule has 25 heavy (non-hydrogen) atoms. The van der Waals surface area contributed by atoms with E-state index in [-0.39, 0.29) is 19.0 Å². The smallest absolute Gasteiger partial charge is 0.377 e. The van der Waals surface area contributed by atoms with Gasteiger partial charge in [-0.2, -0.15) is 0 Å². The molecule has 0 fully saturated rings. The Hall–Kier alpha value is -1.56. The minimum Gasteiger partial charge on any atom is -0.377 e. The lowest BCUT2D eigenvalue weighted by molar-refractivity contribution is 0.0930. The monoisotopic (exact) mass is 387 g/mol. The van der Waals surface area contributed by atoms with Crippen molar-refractivity contribution in [2.75, 3.05) is 27.4 Å². The molecular formula is C14H18F5NO4Si. The highest BCUT2D eigenvalue weighted by Crippen LogP contribution is 2.23. The summed E-state index contributed by atoms with van der Waals surface area (Å²) in [5, 5.41) is 2.10. The number of benzene rings is 1. The van der Waals surface area contributed by atoms with Crippen LogP contribution in [0.15, 0.2) is 0 Å². The lowest BCUT2D eigenvalue weighted by Gasteiger charge is -2.25. The van der Waals surface area contributed by atoms with E-state index in [0.29, 0.717) is 6.61 Å². The third-order valence-electron chi connectivity index (χ3n) is 3.37. The molecule has 0 aliphatic heterocycles. The van der Waals surface area contributed by atoms with Crippen LogP contribution < -0.4 is 5.32 Å². The van der Waals surface area contributed by atoms with Gasteiger partial charge in [-0.05, 0) is 13.3 Å². The van der Waals surface area contributed by atoms with Crippen LogP contribution in [0, 0.1) is 29.1 Å². The van der Waals surface area contributed by atoms with E-state index in [1.54, 1.807) is 6.92 Å². The van der Waals surface area contributed by atoms with Gasteiger partial charge in [0.15, 0.2) is 23.3 Å². The number of halogens is 5. The summed E-state index contributed by atoms with van der Waals surface area (Å²) in [6, 6.07) is 0.283. The molecule has 0 spiro atoms. The van der Waals surface area contributed by atoms with Crippen molar-refractivity contribution >= 4 is 14.7 Å². The van der Waals surface area contributed by atoms with Crippen molar-refractivity contribution in [3.8, 4) is 0 Å².